The number of aromatic nitrogens is 2. The van der Waals surface area contributed by atoms with Crippen LogP contribution in [0.4, 0.5) is 21.8 Å². The molecule has 2 rings (SSSR count). The summed E-state index contributed by atoms with van der Waals surface area (Å²) in [6, 6.07) is 6.40. The molecule has 0 aliphatic heterocycles. The van der Waals surface area contributed by atoms with Crippen molar-refractivity contribution in [2.45, 2.75) is 6.92 Å². The lowest BCUT2D eigenvalue weighted by Gasteiger charge is -2.14. The highest BCUT2D eigenvalue weighted by atomic mass is 19.1. The molecule has 0 fully saturated rings. The zero-order valence-electron chi connectivity index (χ0n) is 11.9. The van der Waals surface area contributed by atoms with Crippen LogP contribution in [-0.2, 0) is 0 Å². The smallest absolute Gasteiger partial charge is 0.229 e. The largest absolute Gasteiger partial charge is 0.494 e. The second-order valence-corrected chi connectivity index (χ2v) is 4.56. The van der Waals surface area contributed by atoms with E-state index in [0.29, 0.717) is 11.6 Å². The fraction of sp³-hybridized carbons (Fsp3) is 0.286. The Bertz CT molecular complexity index is 616. The summed E-state index contributed by atoms with van der Waals surface area (Å²) in [6.45, 7) is 1.89. The molecule has 0 radical (unpaired) electrons. The average Bonchev–Trinajstić information content (AvgIpc) is 2.40. The maximum Gasteiger partial charge on any atom is 0.229 e. The van der Waals surface area contributed by atoms with Crippen molar-refractivity contribution in [3.63, 3.8) is 0 Å². The van der Waals surface area contributed by atoms with Gasteiger partial charge in [-0.15, -0.1) is 0 Å². The lowest BCUT2D eigenvalue weighted by atomic mass is 10.3. The van der Waals surface area contributed by atoms with Gasteiger partial charge in [0.1, 0.15) is 5.82 Å². The second-order valence-electron chi connectivity index (χ2n) is 4.56. The van der Waals surface area contributed by atoms with Crippen molar-refractivity contribution in [3.05, 3.63) is 35.8 Å². The molecule has 2 aromatic rings. The highest BCUT2D eigenvalue weighted by Gasteiger charge is 2.07. The molecule has 20 heavy (non-hydrogen) atoms. The van der Waals surface area contributed by atoms with Crippen LogP contribution in [0.25, 0.3) is 0 Å². The molecule has 0 bridgehead atoms. The summed E-state index contributed by atoms with van der Waals surface area (Å²) in [5.41, 5.74) is 1.51. The first-order valence-electron chi connectivity index (χ1n) is 6.13. The number of hydrogen-bond acceptors (Lipinski definition) is 5. The summed E-state index contributed by atoms with van der Waals surface area (Å²) in [5, 5.41) is 3.05. The Balaban J connectivity index is 2.30. The van der Waals surface area contributed by atoms with Crippen LogP contribution in [0.3, 0.4) is 0 Å². The highest BCUT2D eigenvalue weighted by molar-refractivity contribution is 5.57. The van der Waals surface area contributed by atoms with Crippen molar-refractivity contribution in [2.24, 2.45) is 0 Å². The van der Waals surface area contributed by atoms with Crippen molar-refractivity contribution in [3.8, 4) is 5.75 Å². The quantitative estimate of drug-likeness (QED) is 0.930. The number of methoxy groups -OCH3 is 1. The summed E-state index contributed by atoms with van der Waals surface area (Å²) < 4.78 is 18.3. The Morgan fingerprint density at radius 2 is 1.95 bits per heavy atom. The van der Waals surface area contributed by atoms with Gasteiger partial charge in [0.25, 0.3) is 0 Å². The molecule has 1 aromatic heterocycles. The third-order valence-corrected chi connectivity index (χ3v) is 2.71. The second kappa shape index (κ2) is 5.73. The minimum absolute atomic E-state index is 0.176. The maximum atomic E-state index is 13.4. The molecule has 1 heterocycles. The van der Waals surface area contributed by atoms with Gasteiger partial charge in [-0.1, -0.05) is 0 Å². The Labute approximate surface area is 117 Å². The first kappa shape index (κ1) is 14.0. The van der Waals surface area contributed by atoms with Gasteiger partial charge in [0, 0.05) is 37.6 Å². The molecule has 1 aromatic carbocycles. The number of rotatable bonds is 4. The topological polar surface area (TPSA) is 50.3 Å². The molecule has 0 aliphatic rings. The van der Waals surface area contributed by atoms with Crippen LogP contribution >= 0.6 is 0 Å². The monoisotopic (exact) mass is 276 g/mol. The van der Waals surface area contributed by atoms with Crippen LogP contribution in [-0.4, -0.2) is 31.2 Å². The molecule has 0 atom stereocenters. The molecule has 0 spiro atoms. The highest BCUT2D eigenvalue weighted by Crippen LogP contribution is 2.24. The van der Waals surface area contributed by atoms with E-state index >= 15 is 0 Å². The summed E-state index contributed by atoms with van der Waals surface area (Å²) >= 11 is 0. The van der Waals surface area contributed by atoms with Crippen molar-refractivity contribution in [2.75, 3.05) is 31.4 Å². The molecule has 0 unspecified atom stereocenters. The third-order valence-electron chi connectivity index (χ3n) is 2.71. The Kier molecular flexibility index (Phi) is 4.02. The van der Waals surface area contributed by atoms with Crippen LogP contribution in [0.2, 0.25) is 0 Å². The summed E-state index contributed by atoms with van der Waals surface area (Å²) in [6.07, 6.45) is 0. The lowest BCUT2D eigenvalue weighted by Crippen LogP contribution is -2.12. The van der Waals surface area contributed by atoms with Gasteiger partial charge >= 0.3 is 0 Å². The minimum atomic E-state index is -0.405. The molecular weight excluding hydrogens is 259 g/mol. The number of hydrogen-bond donors (Lipinski definition) is 1. The van der Waals surface area contributed by atoms with Gasteiger partial charge in [0.15, 0.2) is 11.6 Å². The Morgan fingerprint density at radius 1 is 1.20 bits per heavy atom. The number of nitrogens with zero attached hydrogens (tertiary/aromatic N) is 3. The lowest BCUT2D eigenvalue weighted by molar-refractivity contribution is 0.387. The van der Waals surface area contributed by atoms with Crippen LogP contribution < -0.4 is 15.0 Å². The van der Waals surface area contributed by atoms with E-state index < -0.39 is 5.82 Å². The molecule has 0 amide bonds. The number of anilines is 3. The van der Waals surface area contributed by atoms with Crippen LogP contribution in [0.5, 0.6) is 5.75 Å². The van der Waals surface area contributed by atoms with E-state index in [-0.39, 0.29) is 5.75 Å². The maximum absolute atomic E-state index is 13.4. The van der Waals surface area contributed by atoms with Crippen molar-refractivity contribution in [1.29, 1.82) is 0 Å². The van der Waals surface area contributed by atoms with Gasteiger partial charge in [-0.05, 0) is 19.1 Å². The SMILES string of the molecule is COc1cc(Nc2nc(C)cc(N(C)C)n2)ccc1F. The summed E-state index contributed by atoms with van der Waals surface area (Å²) in [5.74, 6) is 1.03. The molecule has 1 N–H and O–H groups in total. The van der Waals surface area contributed by atoms with Crippen LogP contribution in [0.15, 0.2) is 24.3 Å². The van der Waals surface area contributed by atoms with Gasteiger partial charge in [0.05, 0.1) is 7.11 Å². The van der Waals surface area contributed by atoms with Gasteiger partial charge in [-0.2, -0.15) is 4.98 Å². The molecular formula is C14H17FN4O. The number of nitrogens with one attached hydrogen (secondary N) is 1. The standard InChI is InChI=1S/C14H17FN4O/c1-9-7-13(19(2)3)18-14(16-9)17-10-5-6-11(15)12(8-10)20-4/h5-8H,1-4H3,(H,16,17,18). The van der Waals surface area contributed by atoms with E-state index in [2.05, 4.69) is 15.3 Å². The minimum Gasteiger partial charge on any atom is -0.494 e. The van der Waals surface area contributed by atoms with Gasteiger partial charge in [-0.3, -0.25) is 0 Å². The molecule has 0 saturated carbocycles. The number of ether oxygens (including phenoxy) is 1. The molecule has 5 nitrogen and oxygen atoms in total. The number of halogens is 1. The van der Waals surface area contributed by atoms with E-state index in [1.54, 1.807) is 12.1 Å². The van der Waals surface area contributed by atoms with E-state index in [1.165, 1.54) is 13.2 Å². The average molecular weight is 276 g/mol. The fourth-order valence-corrected chi connectivity index (χ4v) is 1.70. The number of aryl methyl sites for hydroxylation is 1. The molecule has 106 valence electrons. The van der Waals surface area contributed by atoms with Crippen molar-refractivity contribution in [1.82, 2.24) is 9.97 Å². The van der Waals surface area contributed by atoms with Gasteiger partial charge < -0.3 is 15.0 Å². The Morgan fingerprint density at radius 3 is 2.60 bits per heavy atom. The molecule has 0 saturated heterocycles. The van der Waals surface area contributed by atoms with E-state index in [1.807, 2.05) is 32.0 Å². The normalized spacial score (nSPS) is 10.2. The first-order chi connectivity index (χ1) is 9.49. The first-order valence-corrected chi connectivity index (χ1v) is 6.13. The third kappa shape index (κ3) is 3.14. The van der Waals surface area contributed by atoms with E-state index in [4.69, 9.17) is 4.74 Å². The van der Waals surface area contributed by atoms with Crippen molar-refractivity contribution >= 4 is 17.5 Å². The predicted molar refractivity (Wildman–Crippen MR) is 77.3 cm³/mol. The fourth-order valence-electron chi connectivity index (χ4n) is 1.70. The summed E-state index contributed by atoms with van der Waals surface area (Å²) in [7, 11) is 5.24. The zero-order chi connectivity index (χ0) is 14.7. The molecule has 0 aliphatic carbocycles. The predicted octanol–water partition coefficient (Wildman–Crippen LogP) is 2.74. The summed E-state index contributed by atoms with van der Waals surface area (Å²) in [4.78, 5) is 10.6. The van der Waals surface area contributed by atoms with Crippen molar-refractivity contribution < 1.29 is 9.13 Å². The van der Waals surface area contributed by atoms with Crippen LogP contribution in [0.1, 0.15) is 5.69 Å². The van der Waals surface area contributed by atoms with Crippen LogP contribution in [0, 0.1) is 12.7 Å². The van der Waals surface area contributed by atoms with Gasteiger partial charge in [-0.25, -0.2) is 9.37 Å². The van der Waals surface area contributed by atoms with Gasteiger partial charge in [0.2, 0.25) is 5.95 Å². The van der Waals surface area contributed by atoms with E-state index in [9.17, 15) is 4.39 Å². The molecule has 6 heteroatoms. The van der Waals surface area contributed by atoms with E-state index in [0.717, 1.165) is 11.5 Å². The Hall–Kier alpha value is -2.37. The number of benzene rings is 1. The zero-order valence-corrected chi connectivity index (χ0v) is 11.9.